The molecule has 0 amide bonds. The fourth-order valence-corrected chi connectivity index (χ4v) is 4.34. The number of nitrogens with zero attached hydrogens (tertiary/aromatic N) is 4. The van der Waals surface area contributed by atoms with Crippen molar-refractivity contribution < 1.29 is 9.15 Å². The van der Waals surface area contributed by atoms with E-state index in [2.05, 4.69) is 32.7 Å². The number of rotatable bonds is 10. The number of imidazole rings is 1. The van der Waals surface area contributed by atoms with Gasteiger partial charge in [0.05, 0.1) is 6.61 Å². The molecule has 0 atom stereocenters. The molecule has 31 heavy (non-hydrogen) atoms. The van der Waals surface area contributed by atoms with Crippen LogP contribution in [0.1, 0.15) is 17.5 Å². The van der Waals surface area contributed by atoms with Crippen LogP contribution in [0.3, 0.4) is 0 Å². The van der Waals surface area contributed by atoms with Crippen LogP contribution in [-0.2, 0) is 6.54 Å². The molecule has 160 valence electrons. The second-order valence-corrected chi connectivity index (χ2v) is 8.69. The zero-order chi connectivity index (χ0) is 21.5. The summed E-state index contributed by atoms with van der Waals surface area (Å²) >= 11 is 3.20. The highest BCUT2D eigenvalue weighted by molar-refractivity contribution is 7.99. The van der Waals surface area contributed by atoms with Gasteiger partial charge in [0.2, 0.25) is 5.89 Å². The van der Waals surface area contributed by atoms with Gasteiger partial charge in [0.25, 0.3) is 5.22 Å². The molecular weight excluding hydrogens is 428 g/mol. The number of benzene rings is 2. The summed E-state index contributed by atoms with van der Waals surface area (Å²) in [7, 11) is 0. The van der Waals surface area contributed by atoms with Crippen molar-refractivity contribution in [3.8, 4) is 17.2 Å². The third-order valence-corrected chi connectivity index (χ3v) is 6.41. The van der Waals surface area contributed by atoms with E-state index in [4.69, 9.17) is 9.15 Å². The maximum atomic E-state index is 6.06. The van der Waals surface area contributed by atoms with Crippen LogP contribution in [0.15, 0.2) is 75.7 Å². The van der Waals surface area contributed by atoms with E-state index >= 15 is 0 Å². The topological polar surface area (TPSA) is 66.0 Å². The van der Waals surface area contributed by atoms with E-state index in [9.17, 15) is 0 Å². The molecular formula is C23H24N4O2S2. The normalized spacial score (nSPS) is 11.0. The summed E-state index contributed by atoms with van der Waals surface area (Å²) in [5.41, 5.74) is 3.33. The molecule has 0 aliphatic heterocycles. The van der Waals surface area contributed by atoms with Crippen LogP contribution < -0.4 is 4.74 Å². The minimum atomic E-state index is 0.550. The smallest absolute Gasteiger partial charge is 0.276 e. The minimum absolute atomic E-state index is 0.550. The zero-order valence-electron chi connectivity index (χ0n) is 17.5. The fourth-order valence-electron chi connectivity index (χ4n) is 3.14. The van der Waals surface area contributed by atoms with E-state index in [0.717, 1.165) is 35.2 Å². The lowest BCUT2D eigenvalue weighted by atomic mass is 10.1. The molecule has 0 bridgehead atoms. The van der Waals surface area contributed by atoms with E-state index < -0.39 is 0 Å². The first kappa shape index (κ1) is 21.5. The zero-order valence-corrected chi connectivity index (χ0v) is 19.2. The Kier molecular flexibility index (Phi) is 7.32. The Bertz CT molecular complexity index is 1110. The van der Waals surface area contributed by atoms with Crippen molar-refractivity contribution in [3.05, 3.63) is 72.1 Å². The van der Waals surface area contributed by atoms with Gasteiger partial charge in [-0.15, -0.1) is 10.2 Å². The molecule has 2 aromatic heterocycles. The van der Waals surface area contributed by atoms with Crippen LogP contribution in [0, 0.1) is 6.92 Å². The van der Waals surface area contributed by atoms with Gasteiger partial charge in [-0.3, -0.25) is 0 Å². The fraction of sp³-hybridized carbons (Fsp3) is 0.261. The molecule has 0 fully saturated rings. The predicted molar refractivity (Wildman–Crippen MR) is 125 cm³/mol. The molecule has 0 N–H and O–H groups in total. The quantitative estimate of drug-likeness (QED) is 0.230. The summed E-state index contributed by atoms with van der Waals surface area (Å²) in [6, 6.07) is 16.0. The highest BCUT2D eigenvalue weighted by Crippen LogP contribution is 2.25. The van der Waals surface area contributed by atoms with Crippen molar-refractivity contribution in [1.82, 2.24) is 19.7 Å². The van der Waals surface area contributed by atoms with Gasteiger partial charge in [-0.25, -0.2) is 4.98 Å². The largest absolute Gasteiger partial charge is 0.493 e. The van der Waals surface area contributed by atoms with Crippen molar-refractivity contribution in [2.45, 2.75) is 30.3 Å². The first-order valence-electron chi connectivity index (χ1n) is 10.0. The van der Waals surface area contributed by atoms with Gasteiger partial charge >= 0.3 is 0 Å². The Labute approximate surface area is 190 Å². The third-order valence-electron chi connectivity index (χ3n) is 4.80. The highest BCUT2D eigenvalue weighted by atomic mass is 32.2. The van der Waals surface area contributed by atoms with E-state index in [0.29, 0.717) is 17.7 Å². The summed E-state index contributed by atoms with van der Waals surface area (Å²) in [5.74, 6) is 2.33. The number of ether oxygens (including phenoxy) is 1. The van der Waals surface area contributed by atoms with Gasteiger partial charge in [-0.2, -0.15) is 0 Å². The van der Waals surface area contributed by atoms with Crippen LogP contribution in [0.5, 0.6) is 5.75 Å². The molecule has 0 unspecified atom stereocenters. The monoisotopic (exact) mass is 452 g/mol. The molecule has 2 heterocycles. The third kappa shape index (κ3) is 5.51. The minimum Gasteiger partial charge on any atom is -0.493 e. The molecule has 8 heteroatoms. The van der Waals surface area contributed by atoms with E-state index in [1.165, 1.54) is 11.1 Å². The molecule has 0 saturated carbocycles. The van der Waals surface area contributed by atoms with Gasteiger partial charge < -0.3 is 13.7 Å². The van der Waals surface area contributed by atoms with Gasteiger partial charge in [0.15, 0.2) is 5.16 Å². The van der Waals surface area contributed by atoms with Gasteiger partial charge in [0.1, 0.15) is 5.75 Å². The van der Waals surface area contributed by atoms with Crippen LogP contribution >= 0.6 is 23.5 Å². The SMILES string of the molecule is CSc1nccn1Cc1cccc(OCCCSc2nnc(-c3ccccc3)o2)c1C. The molecule has 0 aliphatic rings. The van der Waals surface area contributed by atoms with Crippen molar-refractivity contribution in [2.24, 2.45) is 0 Å². The Morgan fingerprint density at radius 1 is 1.06 bits per heavy atom. The van der Waals surface area contributed by atoms with E-state index in [1.54, 1.807) is 23.5 Å². The second-order valence-electron chi connectivity index (χ2n) is 6.87. The summed E-state index contributed by atoms with van der Waals surface area (Å²) < 4.78 is 13.9. The molecule has 6 nitrogen and oxygen atoms in total. The summed E-state index contributed by atoms with van der Waals surface area (Å²) in [6.45, 7) is 3.53. The molecule has 2 aromatic carbocycles. The molecule has 4 rings (SSSR count). The first-order valence-corrected chi connectivity index (χ1v) is 12.2. The molecule has 4 aromatic rings. The van der Waals surface area contributed by atoms with Crippen molar-refractivity contribution >= 4 is 23.5 Å². The summed E-state index contributed by atoms with van der Waals surface area (Å²) in [6.07, 6.45) is 6.78. The maximum Gasteiger partial charge on any atom is 0.276 e. The summed E-state index contributed by atoms with van der Waals surface area (Å²) in [4.78, 5) is 4.37. The molecule has 0 radical (unpaired) electrons. The van der Waals surface area contributed by atoms with Gasteiger partial charge in [0, 0.05) is 30.3 Å². The van der Waals surface area contributed by atoms with E-state index in [1.807, 2.05) is 61.1 Å². The Morgan fingerprint density at radius 2 is 1.94 bits per heavy atom. The molecule has 0 aliphatic carbocycles. The van der Waals surface area contributed by atoms with Crippen molar-refractivity contribution in [2.75, 3.05) is 18.6 Å². The molecule has 0 spiro atoms. The number of hydrogen-bond donors (Lipinski definition) is 0. The van der Waals surface area contributed by atoms with Crippen molar-refractivity contribution in [1.29, 1.82) is 0 Å². The van der Waals surface area contributed by atoms with Gasteiger partial charge in [-0.05, 0) is 48.9 Å². The predicted octanol–water partition coefficient (Wildman–Crippen LogP) is 5.57. The average molecular weight is 453 g/mol. The summed E-state index contributed by atoms with van der Waals surface area (Å²) in [5, 5.41) is 9.84. The lowest BCUT2D eigenvalue weighted by Gasteiger charge is -2.14. The first-order chi connectivity index (χ1) is 15.2. The molecule has 0 saturated heterocycles. The number of hydrogen-bond acceptors (Lipinski definition) is 7. The van der Waals surface area contributed by atoms with Crippen LogP contribution in [0.2, 0.25) is 0 Å². The Morgan fingerprint density at radius 3 is 2.77 bits per heavy atom. The lowest BCUT2D eigenvalue weighted by Crippen LogP contribution is -2.05. The van der Waals surface area contributed by atoms with Crippen molar-refractivity contribution in [3.63, 3.8) is 0 Å². The van der Waals surface area contributed by atoms with Gasteiger partial charge in [-0.1, -0.05) is 53.9 Å². The van der Waals surface area contributed by atoms with E-state index in [-0.39, 0.29) is 0 Å². The number of aromatic nitrogens is 4. The Hall–Kier alpha value is -2.71. The lowest BCUT2D eigenvalue weighted by molar-refractivity contribution is 0.316. The standard InChI is InChI=1S/C23H24N4O2S2/c1-17-19(16-27-13-12-24-22(27)30-2)10-6-11-20(17)28-14-7-15-31-23-26-25-21(29-23)18-8-4-3-5-9-18/h3-6,8-13H,7,14-16H2,1-2H3. The average Bonchev–Trinajstić information content (AvgIpc) is 3.46. The maximum absolute atomic E-state index is 6.06. The van der Waals surface area contributed by atoms with Crippen LogP contribution in [-0.4, -0.2) is 38.4 Å². The Balaban J connectivity index is 1.26. The highest BCUT2D eigenvalue weighted by Gasteiger charge is 2.10. The second kappa shape index (κ2) is 10.5. The van der Waals surface area contributed by atoms with Crippen LogP contribution in [0.25, 0.3) is 11.5 Å². The van der Waals surface area contributed by atoms with Crippen LogP contribution in [0.4, 0.5) is 0 Å². The number of thioether (sulfide) groups is 2.